The first-order valence-corrected chi connectivity index (χ1v) is 11.0. The van der Waals surface area contributed by atoms with Gasteiger partial charge in [-0.25, -0.2) is 9.78 Å². The highest BCUT2D eigenvalue weighted by molar-refractivity contribution is 6.31. The van der Waals surface area contributed by atoms with Crippen LogP contribution in [0.4, 0.5) is 0 Å². The number of nitrogens with zero attached hydrogens (tertiary/aromatic N) is 6. The molecule has 11 nitrogen and oxygen atoms in total. The van der Waals surface area contributed by atoms with E-state index in [2.05, 4.69) is 25.5 Å². The smallest absolute Gasteiger partial charge is 0.371 e. The number of aromatic nitrogens is 7. The zero-order valence-electron chi connectivity index (χ0n) is 17.9. The maximum atomic E-state index is 13.3. The van der Waals surface area contributed by atoms with E-state index in [1.807, 2.05) is 6.07 Å². The van der Waals surface area contributed by atoms with E-state index in [1.165, 1.54) is 23.3 Å². The van der Waals surface area contributed by atoms with Gasteiger partial charge in [0.15, 0.2) is 0 Å². The fraction of sp³-hybridized carbons (Fsp3) is 0.130. The lowest BCUT2D eigenvalue weighted by atomic mass is 10.0. The lowest BCUT2D eigenvalue weighted by Crippen LogP contribution is -2.23. The Morgan fingerprint density at radius 2 is 2.09 bits per heavy atom. The normalized spacial score (nSPS) is 14.8. The van der Waals surface area contributed by atoms with Crippen LogP contribution in [-0.4, -0.2) is 45.8 Å². The molecular formula is C23H16ClN7O4. The number of furan rings is 1. The summed E-state index contributed by atoms with van der Waals surface area (Å²) in [7, 11) is 0. The maximum Gasteiger partial charge on any atom is 0.371 e. The van der Waals surface area contributed by atoms with Gasteiger partial charge in [0.2, 0.25) is 5.76 Å². The monoisotopic (exact) mass is 489 g/mol. The molecule has 5 aromatic rings. The molecule has 6 rings (SSSR count). The predicted octanol–water partition coefficient (Wildman–Crippen LogP) is 3.36. The number of fused-ring (bicyclic) bond motifs is 1. The molecule has 2 N–H and O–H groups in total. The number of rotatable bonds is 5. The van der Waals surface area contributed by atoms with Gasteiger partial charge < -0.3 is 19.1 Å². The molecule has 1 aliphatic rings. The van der Waals surface area contributed by atoms with Crippen molar-refractivity contribution in [3.8, 4) is 28.1 Å². The molecule has 12 heteroatoms. The first kappa shape index (κ1) is 21.1. The number of imidazole rings is 1. The van der Waals surface area contributed by atoms with E-state index in [4.69, 9.17) is 21.1 Å². The number of aromatic amines is 1. The van der Waals surface area contributed by atoms with Crippen LogP contribution in [0.15, 0.2) is 64.4 Å². The Labute approximate surface area is 201 Å². The van der Waals surface area contributed by atoms with E-state index in [-0.39, 0.29) is 17.4 Å². The molecule has 35 heavy (non-hydrogen) atoms. The molecule has 0 spiro atoms. The topological polar surface area (TPSA) is 145 Å². The van der Waals surface area contributed by atoms with Crippen molar-refractivity contribution in [1.82, 2.24) is 34.7 Å². The lowest BCUT2D eigenvalue weighted by molar-refractivity contribution is 0.0662. The zero-order chi connectivity index (χ0) is 24.1. The summed E-state index contributed by atoms with van der Waals surface area (Å²) in [5, 5.41) is 21.0. The number of pyridine rings is 1. The summed E-state index contributed by atoms with van der Waals surface area (Å²) in [5.74, 6) is -0.692. The second-order valence-electron chi connectivity index (χ2n) is 8.10. The van der Waals surface area contributed by atoms with Gasteiger partial charge in [0, 0.05) is 34.0 Å². The summed E-state index contributed by atoms with van der Waals surface area (Å²) in [5.41, 5.74) is 4.04. The lowest BCUT2D eigenvalue weighted by Gasteiger charge is -2.15. The molecule has 5 heterocycles. The minimum absolute atomic E-state index is 0.159. The standard InChI is InChI=1S/C23H16ClN7O4/c24-14-1-3-18(30-11-26-28-29-30)16(8-14)12-5-15-2-4-19(31(15)21(32)7-12)22-25-9-17(27-22)13-6-20(23(33)34)35-10-13/h1,3,5-11,19H,2,4H2,(H,25,27)(H,33,34)/t19-/m0/s1. The van der Waals surface area contributed by atoms with Gasteiger partial charge in [-0.3, -0.25) is 4.79 Å². The Kier molecular flexibility index (Phi) is 4.85. The van der Waals surface area contributed by atoms with Crippen LogP contribution in [-0.2, 0) is 6.42 Å². The number of hydrogen-bond donors (Lipinski definition) is 2. The van der Waals surface area contributed by atoms with Crippen LogP contribution >= 0.6 is 11.6 Å². The van der Waals surface area contributed by atoms with Crippen molar-refractivity contribution in [3.05, 3.63) is 87.8 Å². The Bertz CT molecular complexity index is 1630. The summed E-state index contributed by atoms with van der Waals surface area (Å²) in [6, 6.07) is 10.0. The van der Waals surface area contributed by atoms with Crippen LogP contribution in [0, 0.1) is 0 Å². The SMILES string of the molecule is O=C(O)c1cc(-c2cnc([C@@H]3CCc4cc(-c5cc(Cl)ccc5-n5cnnn5)cc(=O)n43)[nH]2)co1. The number of halogens is 1. The van der Waals surface area contributed by atoms with Crippen LogP contribution in [0.2, 0.25) is 5.02 Å². The maximum absolute atomic E-state index is 13.3. The number of carboxylic acids is 1. The quantitative estimate of drug-likeness (QED) is 0.382. The van der Waals surface area contributed by atoms with E-state index in [0.29, 0.717) is 40.6 Å². The number of benzene rings is 1. The van der Waals surface area contributed by atoms with Crippen LogP contribution in [0.3, 0.4) is 0 Å². The number of aryl methyl sites for hydroxylation is 1. The van der Waals surface area contributed by atoms with Gasteiger partial charge in [-0.2, -0.15) is 4.68 Å². The van der Waals surface area contributed by atoms with E-state index in [1.54, 1.807) is 35.0 Å². The van der Waals surface area contributed by atoms with Crippen molar-refractivity contribution >= 4 is 17.6 Å². The molecule has 0 unspecified atom stereocenters. The minimum Gasteiger partial charge on any atom is -0.475 e. The first-order chi connectivity index (χ1) is 17.0. The summed E-state index contributed by atoms with van der Waals surface area (Å²) in [4.78, 5) is 32.1. The third-order valence-corrected chi connectivity index (χ3v) is 6.27. The van der Waals surface area contributed by atoms with E-state index in [9.17, 15) is 9.59 Å². The number of tetrazole rings is 1. The third kappa shape index (κ3) is 3.62. The number of hydrogen-bond acceptors (Lipinski definition) is 7. The van der Waals surface area contributed by atoms with Crippen molar-refractivity contribution < 1.29 is 14.3 Å². The van der Waals surface area contributed by atoms with Crippen molar-refractivity contribution in [3.63, 3.8) is 0 Å². The molecular weight excluding hydrogens is 474 g/mol. The van der Waals surface area contributed by atoms with Crippen molar-refractivity contribution in [2.24, 2.45) is 0 Å². The fourth-order valence-corrected chi connectivity index (χ4v) is 4.63. The average Bonchev–Trinajstić information content (AvgIpc) is 3.64. The molecule has 0 fully saturated rings. The van der Waals surface area contributed by atoms with E-state index >= 15 is 0 Å². The van der Waals surface area contributed by atoms with Gasteiger partial charge in [0.05, 0.1) is 23.6 Å². The summed E-state index contributed by atoms with van der Waals surface area (Å²) in [6.45, 7) is 0. The second-order valence-corrected chi connectivity index (χ2v) is 8.54. The van der Waals surface area contributed by atoms with Gasteiger partial charge in [-0.05, 0) is 53.1 Å². The van der Waals surface area contributed by atoms with Crippen LogP contribution < -0.4 is 5.56 Å². The molecule has 0 bridgehead atoms. The molecule has 0 saturated heterocycles. The molecule has 4 aromatic heterocycles. The largest absolute Gasteiger partial charge is 0.475 e. The van der Waals surface area contributed by atoms with Gasteiger partial charge in [-0.15, -0.1) is 5.10 Å². The summed E-state index contributed by atoms with van der Waals surface area (Å²) >= 11 is 6.26. The highest BCUT2D eigenvalue weighted by Gasteiger charge is 2.28. The van der Waals surface area contributed by atoms with Gasteiger partial charge >= 0.3 is 5.97 Å². The molecule has 0 radical (unpaired) electrons. The Hall–Kier alpha value is -4.51. The van der Waals surface area contributed by atoms with Gasteiger partial charge in [0.1, 0.15) is 18.4 Å². The van der Waals surface area contributed by atoms with Crippen molar-refractivity contribution in [1.29, 1.82) is 0 Å². The first-order valence-electron chi connectivity index (χ1n) is 10.6. The predicted molar refractivity (Wildman–Crippen MR) is 124 cm³/mol. The highest BCUT2D eigenvalue weighted by atomic mass is 35.5. The van der Waals surface area contributed by atoms with Crippen LogP contribution in [0.1, 0.15) is 34.5 Å². The highest BCUT2D eigenvalue weighted by Crippen LogP contribution is 2.34. The van der Waals surface area contributed by atoms with Crippen molar-refractivity contribution in [2.45, 2.75) is 18.9 Å². The number of nitrogens with one attached hydrogen (secondary N) is 1. The Morgan fingerprint density at radius 3 is 2.86 bits per heavy atom. The molecule has 1 aromatic carbocycles. The fourth-order valence-electron chi connectivity index (χ4n) is 4.46. The van der Waals surface area contributed by atoms with Crippen LogP contribution in [0.25, 0.3) is 28.1 Å². The molecule has 0 amide bonds. The summed E-state index contributed by atoms with van der Waals surface area (Å²) in [6.07, 6.45) is 5.81. The average molecular weight is 490 g/mol. The molecule has 174 valence electrons. The number of carboxylic acid groups (broad SMARTS) is 1. The Morgan fingerprint density at radius 1 is 1.20 bits per heavy atom. The van der Waals surface area contributed by atoms with E-state index < -0.39 is 5.97 Å². The summed E-state index contributed by atoms with van der Waals surface area (Å²) < 4.78 is 8.32. The van der Waals surface area contributed by atoms with E-state index in [0.717, 1.165) is 16.8 Å². The van der Waals surface area contributed by atoms with Crippen molar-refractivity contribution in [2.75, 3.05) is 0 Å². The van der Waals surface area contributed by atoms with Gasteiger partial charge in [-0.1, -0.05) is 11.6 Å². The second kappa shape index (κ2) is 8.06. The minimum atomic E-state index is -1.15. The van der Waals surface area contributed by atoms with Gasteiger partial charge in [0.25, 0.3) is 5.56 Å². The molecule has 0 aliphatic carbocycles. The number of H-pyrrole nitrogens is 1. The number of carbonyl (C=O) groups is 1. The van der Waals surface area contributed by atoms with Crippen LogP contribution in [0.5, 0.6) is 0 Å². The Balaban J connectivity index is 1.37. The molecule has 1 atom stereocenters. The third-order valence-electron chi connectivity index (χ3n) is 6.03. The zero-order valence-corrected chi connectivity index (χ0v) is 18.7. The molecule has 1 aliphatic heterocycles. The molecule has 0 saturated carbocycles. The number of aromatic carboxylic acids is 1.